The Labute approximate surface area is 740 Å². The van der Waals surface area contributed by atoms with Crippen LogP contribution in [0.25, 0.3) is 89.2 Å². The molecule has 4 aromatic carbocycles. The highest BCUT2D eigenvalue weighted by Crippen LogP contribution is 2.35. The largest absolute Gasteiger partial charge is 0.464 e. The SMILES string of the molecule is CN(C)CCCCNC(=O)c1cc2cc(Nc3nccc(-c4cn(C)cn4)n3)cc(Cl)c2[nH]1.CN(C)CCN(C)C(=O)c1cc2cc(Nc3nccc(-c4cn(C)cn4)n3)cc(Cl)c2[nH]1.CN1CCC(CNC(=O)c2cc3cc(Nc4nccc(-c5cn(C)cn5)n4)cc(Cl)c3[nH]2)CC1.COC(=O)c1cc2cc(Nc3nccc(-c4cn(C)cn4)n3)cc(C)c2[nH]1. The lowest BCUT2D eigenvalue weighted by Gasteiger charge is -2.28. The van der Waals surface area contributed by atoms with E-state index >= 15 is 0 Å². The number of aromatic nitrogens is 20. The van der Waals surface area contributed by atoms with Crippen LogP contribution in [-0.2, 0) is 32.9 Å². The number of H-pyrrole nitrogens is 4. The first-order valence-corrected chi connectivity index (χ1v) is 41.6. The molecule has 0 radical (unpaired) electrons. The zero-order chi connectivity index (χ0) is 88.8. The average Bonchev–Trinajstić information content (AvgIpc) is 1.66. The van der Waals surface area contributed by atoms with E-state index in [9.17, 15) is 19.2 Å². The number of fused-ring (bicyclic) bond motifs is 4. The molecule has 0 saturated carbocycles. The lowest BCUT2D eigenvalue weighted by molar-refractivity contribution is 0.0594. The van der Waals surface area contributed by atoms with Crippen molar-refractivity contribution in [1.29, 1.82) is 0 Å². The molecule has 0 bridgehead atoms. The molecule has 38 heteroatoms. The maximum atomic E-state index is 12.8. The molecule has 16 aromatic rings. The van der Waals surface area contributed by atoms with Gasteiger partial charge in [0.1, 0.15) is 45.6 Å². The third-order valence-corrected chi connectivity index (χ3v) is 21.4. The molecule has 0 spiro atoms. The summed E-state index contributed by atoms with van der Waals surface area (Å²) in [5.41, 5.74) is 14.9. The number of amides is 3. The van der Waals surface area contributed by atoms with E-state index in [-0.39, 0.29) is 17.7 Å². The van der Waals surface area contributed by atoms with Crippen molar-refractivity contribution in [2.45, 2.75) is 32.6 Å². The number of rotatable bonds is 26. The highest BCUT2D eigenvalue weighted by molar-refractivity contribution is 6.36. The summed E-state index contributed by atoms with van der Waals surface area (Å²) >= 11 is 19.5. The lowest BCUT2D eigenvalue weighted by Crippen LogP contribution is -2.36. The van der Waals surface area contributed by atoms with Crippen molar-refractivity contribution < 1.29 is 23.9 Å². The molecule has 35 nitrogen and oxygen atoms in total. The average molecular weight is 1760 g/mol. The number of imidazole rings is 4. The first kappa shape index (κ1) is 88.3. The van der Waals surface area contributed by atoms with Crippen LogP contribution >= 0.6 is 34.8 Å². The van der Waals surface area contributed by atoms with Crippen LogP contribution in [0.5, 0.6) is 0 Å². The van der Waals surface area contributed by atoms with Gasteiger partial charge in [-0.3, -0.25) is 14.4 Å². The zero-order valence-corrected chi connectivity index (χ0v) is 73.9. The number of unbranched alkanes of at least 4 members (excludes halogenated alkanes) is 1. The van der Waals surface area contributed by atoms with E-state index in [1.807, 2.05) is 166 Å². The molecule has 10 N–H and O–H groups in total. The first-order valence-electron chi connectivity index (χ1n) is 40.5. The normalized spacial score (nSPS) is 12.2. The van der Waals surface area contributed by atoms with Crippen LogP contribution in [0, 0.1) is 12.8 Å². The fraction of sp³-hybridized carbons (Fsp3) is 0.273. The van der Waals surface area contributed by atoms with E-state index in [4.69, 9.17) is 39.5 Å². The Bertz CT molecular complexity index is 6550. The van der Waals surface area contributed by atoms with Gasteiger partial charge >= 0.3 is 5.97 Å². The maximum Gasteiger partial charge on any atom is 0.354 e. The topological polar surface area (TPSA) is 400 Å². The molecule has 0 atom stereocenters. The Morgan fingerprint density at radius 1 is 0.429 bits per heavy atom. The first-order chi connectivity index (χ1) is 60.7. The van der Waals surface area contributed by atoms with Crippen LogP contribution in [0.2, 0.25) is 15.1 Å². The molecule has 13 heterocycles. The summed E-state index contributed by atoms with van der Waals surface area (Å²) in [5, 5.41) is 23.7. The van der Waals surface area contributed by atoms with Gasteiger partial charge in [0.2, 0.25) is 23.8 Å². The van der Waals surface area contributed by atoms with Crippen LogP contribution in [0.4, 0.5) is 46.5 Å². The van der Waals surface area contributed by atoms with E-state index in [1.54, 1.807) is 105 Å². The zero-order valence-electron chi connectivity index (χ0n) is 71.6. The predicted molar refractivity (Wildman–Crippen MR) is 493 cm³/mol. The smallest absolute Gasteiger partial charge is 0.354 e. The molecule has 1 fully saturated rings. The summed E-state index contributed by atoms with van der Waals surface area (Å²) in [4.78, 5) is 123. The van der Waals surface area contributed by atoms with Crippen molar-refractivity contribution >= 4 is 149 Å². The molecule has 650 valence electrons. The number of hydrogen-bond donors (Lipinski definition) is 10. The number of hydrogen-bond acceptors (Lipinski definition) is 24. The Hall–Kier alpha value is -14.0. The summed E-state index contributed by atoms with van der Waals surface area (Å²) in [5.74, 6) is 1.54. The number of halogens is 3. The summed E-state index contributed by atoms with van der Waals surface area (Å²) in [6.45, 7) is 7.86. The Morgan fingerprint density at radius 3 is 1.17 bits per heavy atom. The highest BCUT2D eigenvalue weighted by atomic mass is 35.5. The van der Waals surface area contributed by atoms with Gasteiger partial charge in [0.25, 0.3) is 17.7 Å². The van der Waals surface area contributed by atoms with Gasteiger partial charge in [-0.15, -0.1) is 0 Å². The van der Waals surface area contributed by atoms with Crippen LogP contribution in [0.15, 0.2) is 172 Å². The molecule has 126 heavy (non-hydrogen) atoms. The summed E-state index contributed by atoms with van der Waals surface area (Å²) in [6.07, 6.45) is 25.4. The van der Waals surface area contributed by atoms with Gasteiger partial charge in [0.15, 0.2) is 0 Å². The van der Waals surface area contributed by atoms with Crippen molar-refractivity contribution in [3.05, 3.63) is 215 Å². The predicted octanol–water partition coefficient (Wildman–Crippen LogP) is 14.2. The minimum absolute atomic E-state index is 0.0833. The number of likely N-dealkylation sites (N-methyl/N-ethyl adjacent to an activating group) is 2. The number of aromatic amines is 4. The number of carbonyl (C=O) groups is 4. The van der Waals surface area contributed by atoms with Crippen molar-refractivity contribution in [2.24, 2.45) is 34.1 Å². The van der Waals surface area contributed by atoms with Gasteiger partial charge in [-0.2, -0.15) is 0 Å². The second-order valence-corrected chi connectivity index (χ2v) is 32.5. The molecule has 1 aliphatic heterocycles. The van der Waals surface area contributed by atoms with Crippen molar-refractivity contribution in [1.82, 2.24) is 128 Å². The molecule has 3 amide bonds. The Morgan fingerprint density at radius 2 is 0.786 bits per heavy atom. The van der Waals surface area contributed by atoms with Crippen molar-refractivity contribution in [3.8, 4) is 45.6 Å². The van der Waals surface area contributed by atoms with E-state index in [0.29, 0.717) is 110 Å². The Kier molecular flexibility index (Phi) is 28.1. The van der Waals surface area contributed by atoms with Gasteiger partial charge in [-0.05, 0) is 196 Å². The number of nitrogens with one attached hydrogen (secondary N) is 10. The number of esters is 1. The highest BCUT2D eigenvalue weighted by Gasteiger charge is 2.23. The van der Waals surface area contributed by atoms with Crippen LogP contribution in [0.3, 0.4) is 0 Å². The van der Waals surface area contributed by atoms with E-state index < -0.39 is 5.97 Å². The molecule has 1 aliphatic rings. The van der Waals surface area contributed by atoms with Crippen LogP contribution in [-0.4, -0.2) is 237 Å². The number of likely N-dealkylation sites (tertiary alicyclic amines) is 1. The quantitative estimate of drug-likeness (QED) is 0.0178. The second-order valence-electron chi connectivity index (χ2n) is 31.3. The second kappa shape index (κ2) is 40.1. The lowest BCUT2D eigenvalue weighted by atomic mass is 9.97. The van der Waals surface area contributed by atoms with Gasteiger partial charge < -0.3 is 94.4 Å². The number of ether oxygens (including phenoxy) is 1. The third kappa shape index (κ3) is 22.7. The van der Waals surface area contributed by atoms with Gasteiger partial charge in [0.05, 0.1) is 86.8 Å². The molecular weight excluding hydrogens is 1660 g/mol. The number of nitrogens with zero attached hydrogens (tertiary/aromatic N) is 20. The number of benzene rings is 4. The van der Waals surface area contributed by atoms with E-state index in [0.717, 1.165) is 147 Å². The number of methoxy groups -OCH3 is 1. The summed E-state index contributed by atoms with van der Waals surface area (Å²) in [7, 11) is 21.0. The van der Waals surface area contributed by atoms with Crippen molar-refractivity contribution in [2.75, 3.05) is 116 Å². The molecule has 0 aliphatic carbocycles. The van der Waals surface area contributed by atoms with Crippen LogP contribution < -0.4 is 31.9 Å². The molecule has 17 rings (SSSR count). The molecular formula is C88H97Cl3N30O5. The fourth-order valence-electron chi connectivity index (χ4n) is 13.9. The van der Waals surface area contributed by atoms with E-state index in [2.05, 4.69) is 128 Å². The molecule has 12 aromatic heterocycles. The van der Waals surface area contributed by atoms with Crippen LogP contribution in [0.1, 0.15) is 73.2 Å². The van der Waals surface area contributed by atoms with E-state index in [1.165, 1.54) is 7.11 Å². The van der Waals surface area contributed by atoms with Gasteiger partial charge in [-0.1, -0.05) is 34.8 Å². The van der Waals surface area contributed by atoms with Crippen molar-refractivity contribution in [3.63, 3.8) is 0 Å². The standard InChI is InChI=1S/C24H27ClN8O.C23H27ClN8O.C22H25ClN8O.C19H18N6O2/c1-32-7-4-15(5-8-32)12-27-23(34)20-10-16-9-17(11-18(25)22(16)30-20)29-24-26-6-3-19(31-24)21-13-33(2)14-28-21;1-31(2)9-5-4-7-25-22(33)19-11-15-10-16(12-17(24)21(15)29-19)28-23-26-8-6-18(30-23)20-13-32(3)14-27-20;1-29(2)7-8-31(4)21(32)18-10-14-9-15(11-16(23)20(14)27-18)26-22-24-6-5-17(28-22)19-12-30(3)13-25-19;1-11-6-13(7-12-8-15(18(26)27-3)23-17(11)12)22-19-20-5-4-14(24-19)16-9-25(2)10-21-16/h3,6,9-11,13-15,30H,4-5,7-8,12H2,1-2H3,(H,27,34)(H,26,29,31);6,8,10-14,29H,4-5,7,9H2,1-3H3,(H,25,33)(H,26,28,30);5-6,9-13,27H,7-8H2,1-4H3,(H,24,26,28);4-10,23H,1-3H3,(H,20,22,24). The monoisotopic (exact) mass is 1760 g/mol. The number of carbonyl (C=O) groups excluding carboxylic acids is 4. The minimum Gasteiger partial charge on any atom is -0.464 e. The number of piperidine rings is 1. The third-order valence-electron chi connectivity index (χ3n) is 20.5. The summed E-state index contributed by atoms with van der Waals surface area (Å²) in [6, 6.07) is 29.4. The number of anilines is 8. The maximum absolute atomic E-state index is 12.8. The molecule has 1 saturated heterocycles. The fourth-order valence-corrected chi connectivity index (χ4v) is 14.8. The Balaban J connectivity index is 0.000000137. The number of aryl methyl sites for hydroxylation is 5. The van der Waals surface area contributed by atoms with Gasteiger partial charge in [-0.25, -0.2) is 64.6 Å². The molecule has 0 unspecified atom stereocenters. The summed E-state index contributed by atoms with van der Waals surface area (Å²) < 4.78 is 12.2. The van der Waals surface area contributed by atoms with Gasteiger partial charge in [0, 0.05) is 161 Å². The minimum atomic E-state index is -0.397.